The third kappa shape index (κ3) is 1.27. The Balaban J connectivity index is 2.29. The lowest BCUT2D eigenvalue weighted by Crippen LogP contribution is -2.29. The zero-order valence-corrected chi connectivity index (χ0v) is 8.88. The quantitative estimate of drug-likeness (QED) is 0.619. The Bertz CT molecular complexity index is 628. The number of nitrogens with one attached hydrogen (secondary N) is 1. The second-order valence-corrected chi connectivity index (χ2v) is 3.65. The second-order valence-electron chi connectivity index (χ2n) is 3.65. The van der Waals surface area contributed by atoms with Crippen LogP contribution in [0.15, 0.2) is 42.9 Å². The fourth-order valence-corrected chi connectivity index (χ4v) is 1.85. The molecule has 0 saturated carbocycles. The molecule has 0 spiro atoms. The van der Waals surface area contributed by atoms with Crippen LogP contribution in [0, 0.1) is 0 Å². The van der Waals surface area contributed by atoms with E-state index in [-0.39, 0.29) is 0 Å². The van der Waals surface area contributed by atoms with Gasteiger partial charge in [-0.15, -0.1) is 0 Å². The number of hydrogen-bond acceptors (Lipinski definition) is 2. The molecule has 0 bridgehead atoms. The molecule has 3 heterocycles. The second kappa shape index (κ2) is 3.41. The van der Waals surface area contributed by atoms with Crippen molar-refractivity contribution in [1.29, 1.82) is 0 Å². The summed E-state index contributed by atoms with van der Waals surface area (Å²) in [6.07, 6.45) is 5.39. The molecule has 0 unspecified atom stereocenters. The van der Waals surface area contributed by atoms with Gasteiger partial charge in [-0.1, -0.05) is 0 Å². The Labute approximate surface area is 92.6 Å². The lowest BCUT2D eigenvalue weighted by Gasteiger charge is -1.93. The summed E-state index contributed by atoms with van der Waals surface area (Å²) < 4.78 is 2.08. The lowest BCUT2D eigenvalue weighted by atomic mass is 10.3. The van der Waals surface area contributed by atoms with Crippen LogP contribution >= 0.6 is 0 Å². The van der Waals surface area contributed by atoms with Gasteiger partial charge in [0.2, 0.25) is 0 Å². The molecule has 0 aliphatic heterocycles. The van der Waals surface area contributed by atoms with Crippen molar-refractivity contribution in [2.24, 2.45) is 7.05 Å². The number of H-pyrrole nitrogens is 1. The lowest BCUT2D eigenvalue weighted by molar-refractivity contribution is -0.633. The third-order valence-electron chi connectivity index (χ3n) is 2.65. The number of aromatic nitrogens is 4. The zero-order valence-electron chi connectivity index (χ0n) is 8.88. The number of rotatable bonds is 1. The van der Waals surface area contributed by atoms with Crippen LogP contribution in [0.5, 0.6) is 0 Å². The van der Waals surface area contributed by atoms with E-state index in [0.29, 0.717) is 0 Å². The Kier molecular flexibility index (Phi) is 1.93. The predicted molar refractivity (Wildman–Crippen MR) is 60.5 cm³/mol. The summed E-state index contributed by atoms with van der Waals surface area (Å²) in [6.45, 7) is 0. The summed E-state index contributed by atoms with van der Waals surface area (Å²) in [5.74, 6) is 1.02. The zero-order chi connectivity index (χ0) is 11.0. The molecule has 3 aromatic heterocycles. The number of aromatic amines is 1. The van der Waals surface area contributed by atoms with E-state index in [2.05, 4.69) is 19.5 Å². The van der Waals surface area contributed by atoms with Gasteiger partial charge in [0.1, 0.15) is 0 Å². The number of hydrogen-bond donors (Lipinski definition) is 1. The van der Waals surface area contributed by atoms with E-state index in [1.807, 2.05) is 37.5 Å². The van der Waals surface area contributed by atoms with Crippen molar-refractivity contribution in [2.75, 3.05) is 0 Å². The maximum atomic E-state index is 4.29. The molecule has 16 heavy (non-hydrogen) atoms. The minimum atomic E-state index is 0.892. The smallest absolute Gasteiger partial charge is 0.264 e. The summed E-state index contributed by atoms with van der Waals surface area (Å²) in [5.41, 5.74) is 3.04. The normalized spacial score (nSPS) is 10.8. The van der Waals surface area contributed by atoms with Crippen molar-refractivity contribution in [2.45, 2.75) is 0 Å². The van der Waals surface area contributed by atoms with E-state index < -0.39 is 0 Å². The SMILES string of the molecule is C[n+]1c(-c2cccnc2)[nH]c2ncccc21. The number of aryl methyl sites for hydroxylation is 1. The molecule has 1 N–H and O–H groups in total. The molecule has 0 amide bonds. The molecule has 0 atom stereocenters. The van der Waals surface area contributed by atoms with Crippen molar-refractivity contribution < 1.29 is 4.57 Å². The van der Waals surface area contributed by atoms with Crippen molar-refractivity contribution in [3.63, 3.8) is 0 Å². The number of nitrogens with zero attached hydrogens (tertiary/aromatic N) is 3. The Morgan fingerprint density at radius 2 is 2.06 bits per heavy atom. The van der Waals surface area contributed by atoms with Gasteiger partial charge >= 0.3 is 0 Å². The maximum Gasteiger partial charge on any atom is 0.290 e. The van der Waals surface area contributed by atoms with Crippen LogP contribution in [0.1, 0.15) is 0 Å². The van der Waals surface area contributed by atoms with E-state index in [9.17, 15) is 0 Å². The largest absolute Gasteiger partial charge is 0.290 e. The fraction of sp³-hybridized carbons (Fsp3) is 0.0833. The standard InChI is InChI=1S/C12H10N4/c1-16-10-5-3-7-14-11(10)15-12(16)9-4-2-6-13-8-9/h2-8H,1H3/p+1. The summed E-state index contributed by atoms with van der Waals surface area (Å²) in [4.78, 5) is 11.7. The highest BCUT2D eigenvalue weighted by Gasteiger charge is 2.17. The molecule has 4 nitrogen and oxygen atoms in total. The first kappa shape index (κ1) is 9.03. The van der Waals surface area contributed by atoms with E-state index >= 15 is 0 Å². The molecule has 0 radical (unpaired) electrons. The minimum absolute atomic E-state index is 0.892. The first-order valence-corrected chi connectivity index (χ1v) is 5.09. The fourth-order valence-electron chi connectivity index (χ4n) is 1.85. The summed E-state index contributed by atoms with van der Waals surface area (Å²) in [7, 11) is 2.02. The molecule has 4 heteroatoms. The van der Waals surface area contributed by atoms with E-state index in [1.165, 1.54) is 0 Å². The van der Waals surface area contributed by atoms with Gasteiger partial charge in [-0.05, 0) is 24.3 Å². The van der Waals surface area contributed by atoms with Crippen LogP contribution in [-0.4, -0.2) is 15.0 Å². The van der Waals surface area contributed by atoms with E-state index in [0.717, 1.165) is 22.6 Å². The van der Waals surface area contributed by atoms with Gasteiger partial charge < -0.3 is 0 Å². The van der Waals surface area contributed by atoms with Crippen molar-refractivity contribution in [3.8, 4) is 11.4 Å². The highest BCUT2D eigenvalue weighted by atomic mass is 15.1. The molecule has 0 fully saturated rings. The molecule has 3 aromatic rings. The van der Waals surface area contributed by atoms with E-state index in [4.69, 9.17) is 0 Å². The van der Waals surface area contributed by atoms with Crippen molar-refractivity contribution in [3.05, 3.63) is 42.9 Å². The molecule has 0 aliphatic carbocycles. The van der Waals surface area contributed by atoms with Gasteiger partial charge in [-0.2, -0.15) is 0 Å². The van der Waals surface area contributed by atoms with Crippen LogP contribution in [-0.2, 0) is 7.05 Å². The van der Waals surface area contributed by atoms with E-state index in [1.54, 1.807) is 12.4 Å². The first-order valence-electron chi connectivity index (χ1n) is 5.09. The summed E-state index contributed by atoms with van der Waals surface area (Å²) >= 11 is 0. The van der Waals surface area contributed by atoms with Gasteiger partial charge in [0.25, 0.3) is 11.5 Å². The maximum absolute atomic E-state index is 4.29. The van der Waals surface area contributed by atoms with Gasteiger partial charge in [-0.25, -0.2) is 14.5 Å². The monoisotopic (exact) mass is 211 g/mol. The van der Waals surface area contributed by atoms with Crippen LogP contribution in [0.4, 0.5) is 0 Å². The predicted octanol–water partition coefficient (Wildman–Crippen LogP) is 1.45. The molecular formula is C12H11N4+. The summed E-state index contributed by atoms with van der Waals surface area (Å²) in [6, 6.07) is 7.92. The van der Waals surface area contributed by atoms with Crippen LogP contribution in [0.25, 0.3) is 22.6 Å². The number of pyridine rings is 2. The minimum Gasteiger partial charge on any atom is -0.264 e. The van der Waals surface area contributed by atoms with Crippen LogP contribution < -0.4 is 4.57 Å². The number of fused-ring (bicyclic) bond motifs is 1. The Morgan fingerprint density at radius 3 is 2.81 bits per heavy atom. The molecule has 78 valence electrons. The first-order chi connectivity index (χ1) is 7.86. The molecule has 0 aromatic carbocycles. The van der Waals surface area contributed by atoms with Crippen molar-refractivity contribution in [1.82, 2.24) is 15.0 Å². The van der Waals surface area contributed by atoms with Gasteiger partial charge in [0.05, 0.1) is 12.6 Å². The van der Waals surface area contributed by atoms with Crippen LogP contribution in [0.2, 0.25) is 0 Å². The van der Waals surface area contributed by atoms with Crippen molar-refractivity contribution >= 4 is 11.2 Å². The highest BCUT2D eigenvalue weighted by Crippen LogP contribution is 2.15. The molecule has 0 saturated heterocycles. The highest BCUT2D eigenvalue weighted by molar-refractivity contribution is 5.69. The summed E-state index contributed by atoms with van der Waals surface area (Å²) in [5, 5.41) is 0. The topological polar surface area (TPSA) is 45.5 Å². The Morgan fingerprint density at radius 1 is 1.19 bits per heavy atom. The average Bonchev–Trinajstić information content (AvgIpc) is 2.69. The third-order valence-corrected chi connectivity index (χ3v) is 2.65. The molecule has 3 rings (SSSR count). The Hall–Kier alpha value is -2.23. The van der Waals surface area contributed by atoms with Crippen LogP contribution in [0.3, 0.4) is 0 Å². The molecular weight excluding hydrogens is 200 g/mol. The van der Waals surface area contributed by atoms with Gasteiger partial charge in [0.15, 0.2) is 5.52 Å². The average molecular weight is 211 g/mol. The number of imidazole rings is 1. The molecule has 0 aliphatic rings. The van der Waals surface area contributed by atoms with Gasteiger partial charge in [0, 0.05) is 18.6 Å². The van der Waals surface area contributed by atoms with Gasteiger partial charge in [-0.3, -0.25) is 4.98 Å².